The van der Waals surface area contributed by atoms with Crippen LogP contribution in [0, 0.1) is 0 Å². The molecule has 2 nitrogen and oxygen atoms in total. The number of anilines is 1. The normalized spacial score (nSPS) is 22.0. The first-order valence-electron chi connectivity index (χ1n) is 6.46. The molecule has 0 radical (unpaired) electrons. The van der Waals surface area contributed by atoms with Gasteiger partial charge in [0.05, 0.1) is 17.3 Å². The lowest BCUT2D eigenvalue weighted by Crippen LogP contribution is -2.25. The van der Waals surface area contributed by atoms with Crippen molar-refractivity contribution in [1.29, 1.82) is 0 Å². The molecule has 0 bridgehead atoms. The van der Waals surface area contributed by atoms with E-state index in [2.05, 4.69) is 5.32 Å². The molecule has 0 aliphatic carbocycles. The molecule has 1 aliphatic rings. The zero-order chi connectivity index (χ0) is 15.0. The highest BCUT2D eigenvalue weighted by Gasteiger charge is 2.35. The Kier molecular flexibility index (Phi) is 4.21. The van der Waals surface area contributed by atoms with Crippen molar-refractivity contribution in [1.82, 2.24) is 0 Å². The highest BCUT2D eigenvalue weighted by Crippen LogP contribution is 2.37. The first kappa shape index (κ1) is 15.4. The average Bonchev–Trinajstić information content (AvgIpc) is 2.66. The highest BCUT2D eigenvalue weighted by atomic mass is 35.5. The van der Waals surface area contributed by atoms with Crippen LogP contribution in [0.3, 0.4) is 0 Å². The summed E-state index contributed by atoms with van der Waals surface area (Å²) < 4.78 is 44.5. The van der Waals surface area contributed by atoms with Gasteiger partial charge >= 0.3 is 6.18 Å². The van der Waals surface area contributed by atoms with Gasteiger partial charge in [0.2, 0.25) is 0 Å². The van der Waals surface area contributed by atoms with Gasteiger partial charge in [-0.15, -0.1) is 0 Å². The van der Waals surface area contributed by atoms with Gasteiger partial charge in [-0.05, 0) is 44.9 Å². The van der Waals surface area contributed by atoms with E-state index in [-0.39, 0.29) is 22.4 Å². The standard InChI is InChI=1S/C14H17ClF3NO/c1-13(2)6-5-10(20-13)8-19-12-4-3-9(15)7-11(12)14(16,17)18/h3-4,7,10,19H,5-6,8H2,1-2H3. The molecule has 1 saturated heterocycles. The number of alkyl halides is 3. The summed E-state index contributed by atoms with van der Waals surface area (Å²) in [6, 6.07) is 3.73. The Labute approximate surface area is 121 Å². The number of ether oxygens (including phenoxy) is 1. The van der Waals surface area contributed by atoms with Crippen LogP contribution in [0.2, 0.25) is 5.02 Å². The van der Waals surface area contributed by atoms with Gasteiger partial charge in [0.25, 0.3) is 0 Å². The minimum atomic E-state index is -4.43. The Balaban J connectivity index is 2.07. The number of benzene rings is 1. The summed E-state index contributed by atoms with van der Waals surface area (Å²) in [5, 5.41) is 2.89. The molecule has 1 unspecified atom stereocenters. The zero-order valence-electron chi connectivity index (χ0n) is 11.4. The summed E-state index contributed by atoms with van der Waals surface area (Å²) in [6.07, 6.45) is -2.74. The fourth-order valence-electron chi connectivity index (χ4n) is 2.35. The maximum atomic E-state index is 12.9. The molecule has 1 N–H and O–H groups in total. The van der Waals surface area contributed by atoms with E-state index in [9.17, 15) is 13.2 Å². The molecule has 2 rings (SSSR count). The molecule has 0 saturated carbocycles. The summed E-state index contributed by atoms with van der Waals surface area (Å²) in [4.78, 5) is 0. The number of halogens is 4. The van der Waals surface area contributed by atoms with Crippen LogP contribution >= 0.6 is 11.6 Å². The van der Waals surface area contributed by atoms with Crippen LogP contribution in [0.1, 0.15) is 32.3 Å². The number of rotatable bonds is 3. The van der Waals surface area contributed by atoms with Crippen molar-refractivity contribution >= 4 is 17.3 Å². The van der Waals surface area contributed by atoms with Crippen molar-refractivity contribution in [2.24, 2.45) is 0 Å². The van der Waals surface area contributed by atoms with E-state index in [4.69, 9.17) is 16.3 Å². The van der Waals surface area contributed by atoms with Gasteiger partial charge in [-0.25, -0.2) is 0 Å². The molecule has 0 amide bonds. The van der Waals surface area contributed by atoms with Gasteiger partial charge < -0.3 is 10.1 Å². The summed E-state index contributed by atoms with van der Waals surface area (Å²) in [5.74, 6) is 0. The first-order valence-corrected chi connectivity index (χ1v) is 6.84. The van der Waals surface area contributed by atoms with Crippen LogP contribution in [0.5, 0.6) is 0 Å². The largest absolute Gasteiger partial charge is 0.418 e. The average molecular weight is 308 g/mol. The Bertz CT molecular complexity index is 488. The van der Waals surface area contributed by atoms with Gasteiger partial charge in [0.15, 0.2) is 0 Å². The summed E-state index contributed by atoms with van der Waals surface area (Å²) >= 11 is 5.64. The predicted molar refractivity (Wildman–Crippen MR) is 73.1 cm³/mol. The van der Waals surface area contributed by atoms with E-state index in [0.717, 1.165) is 18.9 Å². The summed E-state index contributed by atoms with van der Waals surface area (Å²) in [6.45, 7) is 4.32. The first-order chi connectivity index (χ1) is 9.17. The van der Waals surface area contributed by atoms with E-state index >= 15 is 0 Å². The van der Waals surface area contributed by atoms with E-state index in [1.165, 1.54) is 12.1 Å². The van der Waals surface area contributed by atoms with Gasteiger partial charge in [-0.2, -0.15) is 13.2 Å². The lowest BCUT2D eigenvalue weighted by molar-refractivity contribution is -0.137. The molecule has 6 heteroatoms. The molecule has 0 aromatic heterocycles. The molecule has 1 aromatic rings. The molecular weight excluding hydrogens is 291 g/mol. The smallest absolute Gasteiger partial charge is 0.382 e. The Morgan fingerprint density at radius 3 is 2.65 bits per heavy atom. The van der Waals surface area contributed by atoms with Crippen molar-refractivity contribution in [2.75, 3.05) is 11.9 Å². The Morgan fingerprint density at radius 2 is 2.10 bits per heavy atom. The van der Waals surface area contributed by atoms with Gasteiger partial charge in [-0.1, -0.05) is 11.6 Å². The van der Waals surface area contributed by atoms with Crippen molar-refractivity contribution in [3.63, 3.8) is 0 Å². The van der Waals surface area contributed by atoms with Crippen molar-refractivity contribution < 1.29 is 17.9 Å². The maximum Gasteiger partial charge on any atom is 0.418 e. The zero-order valence-corrected chi connectivity index (χ0v) is 12.1. The van der Waals surface area contributed by atoms with Crippen LogP contribution in [-0.2, 0) is 10.9 Å². The lowest BCUT2D eigenvalue weighted by Gasteiger charge is -2.21. The summed E-state index contributed by atoms with van der Waals surface area (Å²) in [5.41, 5.74) is -0.906. The third-order valence-electron chi connectivity index (χ3n) is 3.36. The third kappa shape index (κ3) is 3.79. The van der Waals surface area contributed by atoms with Crippen LogP contribution in [0.15, 0.2) is 18.2 Å². The quantitative estimate of drug-likeness (QED) is 0.871. The second-order valence-electron chi connectivity index (χ2n) is 5.61. The van der Waals surface area contributed by atoms with E-state index in [1.54, 1.807) is 0 Å². The Morgan fingerprint density at radius 1 is 1.40 bits per heavy atom. The lowest BCUT2D eigenvalue weighted by atomic mass is 10.1. The minimum Gasteiger partial charge on any atom is -0.382 e. The second kappa shape index (κ2) is 5.45. The second-order valence-corrected chi connectivity index (χ2v) is 6.04. The number of hydrogen-bond donors (Lipinski definition) is 1. The molecule has 1 heterocycles. The topological polar surface area (TPSA) is 21.3 Å². The summed E-state index contributed by atoms with van der Waals surface area (Å²) in [7, 11) is 0. The fourth-order valence-corrected chi connectivity index (χ4v) is 2.52. The number of nitrogens with one attached hydrogen (secondary N) is 1. The molecular formula is C14H17ClF3NO. The molecule has 1 aromatic carbocycles. The third-order valence-corrected chi connectivity index (χ3v) is 3.60. The van der Waals surface area contributed by atoms with Crippen LogP contribution < -0.4 is 5.32 Å². The van der Waals surface area contributed by atoms with Gasteiger partial charge in [0, 0.05) is 17.3 Å². The van der Waals surface area contributed by atoms with Gasteiger partial charge in [-0.3, -0.25) is 0 Å². The minimum absolute atomic E-state index is 0.0372. The van der Waals surface area contributed by atoms with E-state index < -0.39 is 11.7 Å². The van der Waals surface area contributed by atoms with Crippen LogP contribution in [0.25, 0.3) is 0 Å². The maximum absolute atomic E-state index is 12.9. The van der Waals surface area contributed by atoms with E-state index in [0.29, 0.717) is 6.54 Å². The Hall–Kier alpha value is -0.940. The molecule has 1 fully saturated rings. The van der Waals surface area contributed by atoms with Crippen LogP contribution in [0.4, 0.5) is 18.9 Å². The van der Waals surface area contributed by atoms with Crippen molar-refractivity contribution in [3.05, 3.63) is 28.8 Å². The van der Waals surface area contributed by atoms with Gasteiger partial charge in [0.1, 0.15) is 0 Å². The SMILES string of the molecule is CC1(C)CCC(CNc2ccc(Cl)cc2C(F)(F)F)O1. The highest BCUT2D eigenvalue weighted by molar-refractivity contribution is 6.30. The number of hydrogen-bond acceptors (Lipinski definition) is 2. The molecule has 0 spiro atoms. The molecule has 1 atom stereocenters. The molecule has 112 valence electrons. The monoisotopic (exact) mass is 307 g/mol. The fraction of sp³-hybridized carbons (Fsp3) is 0.571. The molecule has 1 aliphatic heterocycles. The van der Waals surface area contributed by atoms with Crippen molar-refractivity contribution in [2.45, 2.75) is 44.6 Å². The van der Waals surface area contributed by atoms with Crippen LogP contribution in [-0.4, -0.2) is 18.2 Å². The predicted octanol–water partition coefficient (Wildman–Crippen LogP) is 4.73. The van der Waals surface area contributed by atoms with E-state index in [1.807, 2.05) is 13.8 Å². The van der Waals surface area contributed by atoms with Crippen molar-refractivity contribution in [3.8, 4) is 0 Å². The molecule has 20 heavy (non-hydrogen) atoms.